The zero-order valence-corrected chi connectivity index (χ0v) is 16.5. The first-order valence-corrected chi connectivity index (χ1v) is 10.7. The molecule has 1 N–H and O–H groups in total. The van der Waals surface area contributed by atoms with Crippen molar-refractivity contribution >= 4 is 10.0 Å². The predicted octanol–water partition coefficient (Wildman–Crippen LogP) is 4.18. The van der Waals surface area contributed by atoms with Crippen LogP contribution in [-0.2, 0) is 29.3 Å². The van der Waals surface area contributed by atoms with E-state index in [4.69, 9.17) is 4.74 Å². The lowest BCUT2D eigenvalue weighted by molar-refractivity contribution is 0.400. The number of rotatable bonds is 6. The minimum absolute atomic E-state index is 0.234. The molecule has 0 heterocycles. The van der Waals surface area contributed by atoms with Gasteiger partial charge in [0.15, 0.2) is 0 Å². The minimum atomic E-state index is -3.67. The van der Waals surface area contributed by atoms with E-state index in [9.17, 15) is 8.42 Å². The van der Waals surface area contributed by atoms with Crippen LogP contribution in [0.5, 0.6) is 5.75 Å². The quantitative estimate of drug-likeness (QED) is 0.826. The fourth-order valence-electron chi connectivity index (χ4n) is 3.52. The van der Waals surface area contributed by atoms with Gasteiger partial charge in [0.25, 0.3) is 0 Å². The summed E-state index contributed by atoms with van der Waals surface area (Å²) in [6.45, 7) is 3.97. The summed E-state index contributed by atoms with van der Waals surface area (Å²) < 4.78 is 34.2. The normalized spacial score (nSPS) is 15.3. The van der Waals surface area contributed by atoms with E-state index >= 15 is 0 Å². The first-order chi connectivity index (χ1) is 12.4. The Balaban J connectivity index is 1.89. The number of hydrogen-bond donors (Lipinski definition) is 1. The molecule has 0 aliphatic heterocycles. The maximum absolute atomic E-state index is 13.0. The summed E-state index contributed by atoms with van der Waals surface area (Å²) in [4.78, 5) is 0.234. The second-order valence-corrected chi connectivity index (χ2v) is 8.60. The van der Waals surface area contributed by atoms with Crippen molar-refractivity contribution in [2.45, 2.75) is 56.9 Å². The fourth-order valence-corrected chi connectivity index (χ4v) is 4.95. The van der Waals surface area contributed by atoms with Gasteiger partial charge in [-0.2, -0.15) is 0 Å². The molecular formula is C21H27NO3S. The highest BCUT2D eigenvalue weighted by molar-refractivity contribution is 7.89. The van der Waals surface area contributed by atoms with E-state index in [2.05, 4.69) is 11.6 Å². The molecule has 2 aromatic rings. The van der Waals surface area contributed by atoms with Crippen LogP contribution in [0.4, 0.5) is 0 Å². The molecule has 0 bridgehead atoms. The predicted molar refractivity (Wildman–Crippen MR) is 104 cm³/mol. The van der Waals surface area contributed by atoms with Gasteiger partial charge >= 0.3 is 0 Å². The van der Waals surface area contributed by atoms with E-state index < -0.39 is 10.0 Å². The molecule has 0 amide bonds. The van der Waals surface area contributed by atoms with Gasteiger partial charge in [0.1, 0.15) is 10.6 Å². The number of aryl methyl sites for hydroxylation is 3. The molecule has 140 valence electrons. The third-order valence-corrected chi connectivity index (χ3v) is 6.70. The second-order valence-electron chi connectivity index (χ2n) is 6.92. The van der Waals surface area contributed by atoms with Gasteiger partial charge in [-0.15, -0.1) is 0 Å². The lowest BCUT2D eigenvalue weighted by Crippen LogP contribution is -2.27. The van der Waals surface area contributed by atoms with Crippen molar-refractivity contribution in [3.8, 4) is 5.75 Å². The Labute approximate surface area is 156 Å². The van der Waals surface area contributed by atoms with Crippen LogP contribution >= 0.6 is 0 Å². The molecule has 1 atom stereocenters. The van der Waals surface area contributed by atoms with E-state index in [0.717, 1.165) is 43.2 Å². The highest BCUT2D eigenvalue weighted by atomic mass is 32.2. The van der Waals surface area contributed by atoms with Crippen molar-refractivity contribution in [1.82, 2.24) is 4.72 Å². The van der Waals surface area contributed by atoms with Crippen LogP contribution in [0.2, 0.25) is 0 Å². The number of hydrogen-bond acceptors (Lipinski definition) is 3. The SMILES string of the molecule is CCc1ccc([C@@H](C)NS(=O)(=O)c2cc3c(cc2OC)CCCC3)cc1. The largest absolute Gasteiger partial charge is 0.495 e. The van der Waals surface area contributed by atoms with Gasteiger partial charge in [-0.3, -0.25) is 0 Å². The lowest BCUT2D eigenvalue weighted by atomic mass is 9.92. The molecule has 0 fully saturated rings. The molecule has 0 aromatic heterocycles. The van der Waals surface area contributed by atoms with Crippen molar-refractivity contribution in [3.05, 3.63) is 58.7 Å². The van der Waals surface area contributed by atoms with Crippen molar-refractivity contribution in [3.63, 3.8) is 0 Å². The minimum Gasteiger partial charge on any atom is -0.495 e. The average molecular weight is 374 g/mol. The summed E-state index contributed by atoms with van der Waals surface area (Å²) in [5.41, 5.74) is 4.51. The summed E-state index contributed by atoms with van der Waals surface area (Å²) in [6.07, 6.45) is 5.12. The average Bonchev–Trinajstić information content (AvgIpc) is 2.66. The molecule has 26 heavy (non-hydrogen) atoms. The molecule has 0 radical (unpaired) electrons. The van der Waals surface area contributed by atoms with Crippen LogP contribution < -0.4 is 9.46 Å². The van der Waals surface area contributed by atoms with E-state index in [-0.39, 0.29) is 10.9 Å². The van der Waals surface area contributed by atoms with E-state index in [1.807, 2.05) is 37.3 Å². The van der Waals surface area contributed by atoms with Crippen LogP contribution in [0, 0.1) is 0 Å². The molecule has 3 rings (SSSR count). The van der Waals surface area contributed by atoms with Gasteiger partial charge in [0, 0.05) is 6.04 Å². The first kappa shape index (κ1) is 18.9. The van der Waals surface area contributed by atoms with E-state index in [1.54, 1.807) is 6.07 Å². The maximum Gasteiger partial charge on any atom is 0.244 e. The van der Waals surface area contributed by atoms with Crippen LogP contribution in [0.15, 0.2) is 41.3 Å². The van der Waals surface area contributed by atoms with Gasteiger partial charge in [-0.1, -0.05) is 31.2 Å². The zero-order chi connectivity index (χ0) is 18.7. The van der Waals surface area contributed by atoms with E-state index in [1.165, 1.54) is 18.2 Å². The number of nitrogens with one attached hydrogen (secondary N) is 1. The second kappa shape index (κ2) is 7.80. The summed E-state index contributed by atoms with van der Waals surface area (Å²) in [5, 5.41) is 0. The Hall–Kier alpha value is -1.85. The van der Waals surface area contributed by atoms with Gasteiger partial charge in [0.2, 0.25) is 10.0 Å². The monoisotopic (exact) mass is 373 g/mol. The Morgan fingerprint density at radius 1 is 1.08 bits per heavy atom. The molecular weight excluding hydrogens is 346 g/mol. The molecule has 0 spiro atoms. The topological polar surface area (TPSA) is 55.4 Å². The van der Waals surface area contributed by atoms with Crippen LogP contribution in [-0.4, -0.2) is 15.5 Å². The van der Waals surface area contributed by atoms with Crippen molar-refractivity contribution in [2.24, 2.45) is 0 Å². The molecule has 1 aliphatic rings. The van der Waals surface area contributed by atoms with Gasteiger partial charge in [0.05, 0.1) is 7.11 Å². The molecule has 4 nitrogen and oxygen atoms in total. The van der Waals surface area contributed by atoms with Crippen LogP contribution in [0.25, 0.3) is 0 Å². The summed E-state index contributed by atoms with van der Waals surface area (Å²) in [7, 11) is -2.15. The number of benzene rings is 2. The van der Waals surface area contributed by atoms with Crippen LogP contribution in [0.3, 0.4) is 0 Å². The highest BCUT2D eigenvalue weighted by Gasteiger charge is 2.25. The number of sulfonamides is 1. The lowest BCUT2D eigenvalue weighted by Gasteiger charge is -2.21. The van der Waals surface area contributed by atoms with Crippen molar-refractivity contribution < 1.29 is 13.2 Å². The fraction of sp³-hybridized carbons (Fsp3) is 0.429. The summed E-state index contributed by atoms with van der Waals surface area (Å²) >= 11 is 0. The standard InChI is InChI=1S/C21H27NO3S/c1-4-16-9-11-17(12-10-16)15(2)22-26(23,24)21-14-19-8-6-5-7-18(19)13-20(21)25-3/h9-15,22H,4-8H2,1-3H3/t15-/m1/s1. The van der Waals surface area contributed by atoms with Gasteiger partial charge in [-0.05, 0) is 73.4 Å². The maximum atomic E-state index is 13.0. The Bertz CT molecular complexity index is 873. The van der Waals surface area contributed by atoms with Crippen molar-refractivity contribution in [2.75, 3.05) is 7.11 Å². The third-order valence-electron chi connectivity index (χ3n) is 5.14. The Morgan fingerprint density at radius 3 is 2.27 bits per heavy atom. The molecule has 2 aromatic carbocycles. The zero-order valence-electron chi connectivity index (χ0n) is 15.7. The van der Waals surface area contributed by atoms with Gasteiger partial charge < -0.3 is 4.74 Å². The smallest absolute Gasteiger partial charge is 0.244 e. The Morgan fingerprint density at radius 2 is 1.69 bits per heavy atom. The molecule has 0 unspecified atom stereocenters. The van der Waals surface area contributed by atoms with Crippen LogP contribution in [0.1, 0.15) is 55.0 Å². The number of ether oxygens (including phenoxy) is 1. The molecule has 5 heteroatoms. The van der Waals surface area contributed by atoms with Gasteiger partial charge in [-0.25, -0.2) is 13.1 Å². The summed E-state index contributed by atoms with van der Waals surface area (Å²) in [6, 6.07) is 11.4. The number of methoxy groups -OCH3 is 1. The number of fused-ring (bicyclic) bond motifs is 1. The summed E-state index contributed by atoms with van der Waals surface area (Å²) in [5.74, 6) is 0.423. The Kier molecular flexibility index (Phi) is 5.68. The molecule has 0 saturated heterocycles. The van der Waals surface area contributed by atoms with E-state index in [0.29, 0.717) is 5.75 Å². The first-order valence-electron chi connectivity index (χ1n) is 9.25. The molecule has 0 saturated carbocycles. The third kappa shape index (κ3) is 3.94. The highest BCUT2D eigenvalue weighted by Crippen LogP contribution is 2.32. The molecule has 1 aliphatic carbocycles. The van der Waals surface area contributed by atoms with Crippen molar-refractivity contribution in [1.29, 1.82) is 0 Å².